The lowest BCUT2D eigenvalue weighted by molar-refractivity contribution is -0.158. The Kier molecular flexibility index (Phi) is 8.15. The van der Waals surface area contributed by atoms with Gasteiger partial charge in [-0.2, -0.15) is 0 Å². The molecule has 32 heavy (non-hydrogen) atoms. The average Bonchev–Trinajstić information content (AvgIpc) is 2.83. The third-order valence-electron chi connectivity index (χ3n) is 5.87. The predicted octanol–water partition coefficient (Wildman–Crippen LogP) is 3.59. The van der Waals surface area contributed by atoms with Crippen LogP contribution < -0.4 is 14.8 Å². The Morgan fingerprint density at radius 2 is 1.69 bits per heavy atom. The molecule has 1 fully saturated rings. The normalized spacial score (nSPS) is 16.7. The van der Waals surface area contributed by atoms with Crippen LogP contribution in [0.4, 0.5) is 0 Å². The Bertz CT molecular complexity index is 969. The molecule has 1 aliphatic heterocycles. The first-order valence-corrected chi connectivity index (χ1v) is 12.4. The molecule has 2 aromatic carbocycles. The third-order valence-corrected chi connectivity index (χ3v) is 7.83. The molecule has 0 radical (unpaired) electrons. The van der Waals surface area contributed by atoms with Crippen LogP contribution in [0.5, 0.6) is 11.5 Å². The number of sulfone groups is 1. The second-order valence-corrected chi connectivity index (χ2v) is 9.96. The number of methoxy groups -OCH3 is 1. The molecular formula is C24H31NO6S. The summed E-state index contributed by atoms with van der Waals surface area (Å²) in [5.41, 5.74) is -1.85. The van der Waals surface area contributed by atoms with E-state index in [9.17, 15) is 13.2 Å². The Labute approximate surface area is 190 Å². The number of benzene rings is 2. The summed E-state index contributed by atoms with van der Waals surface area (Å²) in [4.78, 5) is 13.0. The Hall–Kier alpha value is -2.58. The lowest BCUT2D eigenvalue weighted by atomic mass is 9.75. The van der Waals surface area contributed by atoms with E-state index in [1.165, 1.54) is 19.2 Å². The summed E-state index contributed by atoms with van der Waals surface area (Å²) in [6, 6.07) is 15.1. The van der Waals surface area contributed by atoms with Gasteiger partial charge >= 0.3 is 5.97 Å². The number of ether oxygens (including phenoxy) is 3. The monoisotopic (exact) mass is 461 g/mol. The van der Waals surface area contributed by atoms with Crippen LogP contribution in [0.25, 0.3) is 0 Å². The highest BCUT2D eigenvalue weighted by Crippen LogP contribution is 2.38. The lowest BCUT2D eigenvalue weighted by Gasteiger charge is -2.36. The van der Waals surface area contributed by atoms with Gasteiger partial charge in [0.15, 0.2) is 0 Å². The van der Waals surface area contributed by atoms with Gasteiger partial charge in [-0.15, -0.1) is 0 Å². The minimum atomic E-state index is -3.84. The maximum absolute atomic E-state index is 13.5. The number of nitrogens with one attached hydrogen (secondary N) is 1. The van der Waals surface area contributed by atoms with Crippen LogP contribution in [0.2, 0.25) is 0 Å². The fraction of sp³-hybridized carbons (Fsp3) is 0.458. The van der Waals surface area contributed by atoms with Crippen molar-refractivity contribution < 1.29 is 27.4 Å². The Morgan fingerprint density at radius 1 is 1.03 bits per heavy atom. The van der Waals surface area contributed by atoms with Crippen molar-refractivity contribution in [3.63, 3.8) is 0 Å². The number of esters is 1. The van der Waals surface area contributed by atoms with Crippen molar-refractivity contribution in [2.45, 2.75) is 42.9 Å². The summed E-state index contributed by atoms with van der Waals surface area (Å²) in [6.45, 7) is 3.45. The molecule has 1 N–H and O–H groups in total. The zero-order valence-electron chi connectivity index (χ0n) is 18.6. The molecule has 0 saturated carbocycles. The molecule has 8 heteroatoms. The number of piperidine rings is 1. The summed E-state index contributed by atoms with van der Waals surface area (Å²) in [6.07, 6.45) is 1.74. The number of para-hydroxylation sites is 1. The largest absolute Gasteiger partial charge is 0.497 e. The molecule has 1 unspecified atom stereocenters. The first-order chi connectivity index (χ1) is 15.4. The van der Waals surface area contributed by atoms with Gasteiger partial charge in [-0.25, -0.2) is 8.42 Å². The van der Waals surface area contributed by atoms with Gasteiger partial charge < -0.3 is 19.5 Å². The molecule has 1 heterocycles. The number of carbonyl (C=O) groups excluding carboxylic acids is 1. The van der Waals surface area contributed by atoms with E-state index in [0.29, 0.717) is 50.5 Å². The minimum absolute atomic E-state index is 0.148. The van der Waals surface area contributed by atoms with E-state index in [1.807, 2.05) is 6.07 Å². The van der Waals surface area contributed by atoms with Gasteiger partial charge in [-0.05, 0) is 75.7 Å². The van der Waals surface area contributed by atoms with E-state index in [2.05, 4.69) is 5.32 Å². The molecule has 1 atom stereocenters. The van der Waals surface area contributed by atoms with Crippen LogP contribution in [0, 0.1) is 5.41 Å². The third kappa shape index (κ3) is 5.61. The van der Waals surface area contributed by atoms with Gasteiger partial charge in [0.1, 0.15) is 11.5 Å². The van der Waals surface area contributed by atoms with Crippen molar-refractivity contribution in [3.8, 4) is 11.5 Å². The zero-order chi connectivity index (χ0) is 23.0. The van der Waals surface area contributed by atoms with Crippen LogP contribution >= 0.6 is 0 Å². The van der Waals surface area contributed by atoms with E-state index in [-0.39, 0.29) is 17.3 Å². The van der Waals surface area contributed by atoms with Crippen molar-refractivity contribution in [1.82, 2.24) is 5.32 Å². The van der Waals surface area contributed by atoms with Crippen molar-refractivity contribution >= 4 is 15.8 Å². The molecule has 0 bridgehead atoms. The lowest BCUT2D eigenvalue weighted by Crippen LogP contribution is -2.44. The zero-order valence-corrected chi connectivity index (χ0v) is 19.4. The highest BCUT2D eigenvalue weighted by atomic mass is 32.2. The summed E-state index contributed by atoms with van der Waals surface area (Å²) in [5.74, 6) is 0.771. The number of carbonyl (C=O) groups is 1. The maximum atomic E-state index is 13.5. The van der Waals surface area contributed by atoms with Gasteiger partial charge in [-0.3, -0.25) is 4.79 Å². The van der Waals surface area contributed by atoms with Crippen molar-refractivity contribution in [2.24, 2.45) is 5.41 Å². The second-order valence-electron chi connectivity index (χ2n) is 7.87. The number of hydrogen-bond donors (Lipinski definition) is 1. The summed E-state index contributed by atoms with van der Waals surface area (Å²) >= 11 is 0. The van der Waals surface area contributed by atoms with Crippen molar-refractivity contribution in [1.29, 1.82) is 0 Å². The van der Waals surface area contributed by atoms with E-state index >= 15 is 0 Å². The molecule has 0 aromatic heterocycles. The molecule has 0 spiro atoms. The molecule has 0 amide bonds. The molecule has 0 aliphatic carbocycles. The van der Waals surface area contributed by atoms with Crippen LogP contribution in [-0.2, 0) is 19.4 Å². The molecule has 1 aliphatic rings. The smallest absolute Gasteiger partial charge is 0.312 e. The predicted molar refractivity (Wildman–Crippen MR) is 121 cm³/mol. The molecular weight excluding hydrogens is 430 g/mol. The van der Waals surface area contributed by atoms with Crippen molar-refractivity contribution in [3.05, 3.63) is 54.6 Å². The van der Waals surface area contributed by atoms with Gasteiger partial charge in [0, 0.05) is 6.42 Å². The quantitative estimate of drug-likeness (QED) is 0.541. The Balaban J connectivity index is 1.88. The standard InChI is InChI=1S/C24H31NO6S/c1-3-30-23(26)24(15-17-25-18-16-24)14-13-22(31-20-7-5-4-6-8-20)32(27,28)21-11-9-19(29-2)10-12-21/h4-12,22,25H,3,13-18H2,1-2H3. The van der Waals surface area contributed by atoms with Crippen LogP contribution in [0.1, 0.15) is 32.6 Å². The minimum Gasteiger partial charge on any atom is -0.497 e. The highest BCUT2D eigenvalue weighted by molar-refractivity contribution is 7.92. The Morgan fingerprint density at radius 3 is 2.28 bits per heavy atom. The van der Waals surface area contributed by atoms with Crippen LogP contribution in [0.3, 0.4) is 0 Å². The topological polar surface area (TPSA) is 90.9 Å². The molecule has 1 saturated heterocycles. The molecule has 2 aromatic rings. The first-order valence-electron chi connectivity index (χ1n) is 10.9. The highest BCUT2D eigenvalue weighted by Gasteiger charge is 2.42. The summed E-state index contributed by atoms with van der Waals surface area (Å²) < 4.78 is 43.5. The number of rotatable bonds is 10. The second kappa shape index (κ2) is 10.8. The molecule has 174 valence electrons. The van der Waals surface area contributed by atoms with Crippen LogP contribution in [0.15, 0.2) is 59.5 Å². The molecule has 3 rings (SSSR count). The summed E-state index contributed by atoms with van der Waals surface area (Å²) in [7, 11) is -2.31. The fourth-order valence-corrected chi connectivity index (χ4v) is 5.47. The van der Waals surface area contributed by atoms with E-state index in [0.717, 1.165) is 0 Å². The van der Waals surface area contributed by atoms with Crippen molar-refractivity contribution in [2.75, 3.05) is 26.8 Å². The average molecular weight is 462 g/mol. The number of hydrogen-bond acceptors (Lipinski definition) is 7. The molecule has 7 nitrogen and oxygen atoms in total. The van der Waals surface area contributed by atoms with E-state index < -0.39 is 20.7 Å². The SMILES string of the molecule is CCOC(=O)C1(CCC(Oc2ccccc2)S(=O)(=O)c2ccc(OC)cc2)CCNCC1. The fourth-order valence-electron chi connectivity index (χ4n) is 3.99. The van der Waals surface area contributed by atoms with Gasteiger partial charge in [0.05, 0.1) is 24.0 Å². The summed E-state index contributed by atoms with van der Waals surface area (Å²) in [5, 5.41) is 3.26. The maximum Gasteiger partial charge on any atom is 0.312 e. The van der Waals surface area contributed by atoms with E-state index in [4.69, 9.17) is 14.2 Å². The first kappa shape index (κ1) is 24.1. The van der Waals surface area contributed by atoms with E-state index in [1.54, 1.807) is 43.3 Å². The van der Waals surface area contributed by atoms with Gasteiger partial charge in [0.2, 0.25) is 15.3 Å². The van der Waals surface area contributed by atoms with Gasteiger partial charge in [0.25, 0.3) is 0 Å². The van der Waals surface area contributed by atoms with Gasteiger partial charge in [-0.1, -0.05) is 18.2 Å². The van der Waals surface area contributed by atoms with Crippen LogP contribution in [-0.4, -0.2) is 46.6 Å².